The molecule has 2 saturated heterocycles. The lowest BCUT2D eigenvalue weighted by atomic mass is 9.49. The van der Waals surface area contributed by atoms with Crippen molar-refractivity contribution in [3.63, 3.8) is 0 Å². The topological polar surface area (TPSA) is 187 Å². The predicted octanol–water partition coefficient (Wildman–Crippen LogP) is 3.61. The van der Waals surface area contributed by atoms with E-state index in [-0.39, 0.29) is 42.0 Å². The van der Waals surface area contributed by atoms with Crippen LogP contribution >= 0.6 is 11.6 Å². The Morgan fingerprint density at radius 3 is 2.30 bits per heavy atom. The molecular weight excluding hydrogens is 740 g/mol. The third-order valence-electron chi connectivity index (χ3n) is 11.3. The molecule has 0 radical (unpaired) electrons. The maximum atomic E-state index is 13.4. The number of hydrogen-bond acceptors (Lipinski definition) is 12. The number of nitriles is 1. The highest BCUT2D eigenvalue weighted by molar-refractivity contribution is 6.31. The van der Waals surface area contributed by atoms with Crippen molar-refractivity contribution in [2.45, 2.75) is 65.1 Å². The van der Waals surface area contributed by atoms with Crippen LogP contribution in [-0.2, 0) is 9.59 Å². The molecule has 1 atom stereocenters. The highest BCUT2D eigenvalue weighted by atomic mass is 35.5. The third-order valence-corrected chi connectivity index (χ3v) is 11.6. The number of imide groups is 2. The van der Waals surface area contributed by atoms with E-state index in [2.05, 4.69) is 36.5 Å². The molecule has 4 aliphatic rings. The number of aromatic nitrogens is 2. The van der Waals surface area contributed by atoms with Gasteiger partial charge in [-0.1, -0.05) is 39.3 Å². The number of carbonyl (C=O) groups excluding carboxylic acids is 5. The number of nitrogens with zero attached hydrogens (tertiary/aromatic N) is 6. The van der Waals surface area contributed by atoms with Gasteiger partial charge in [0.1, 0.15) is 29.7 Å². The minimum Gasteiger partial charge on any atom is -0.494 e. The first kappa shape index (κ1) is 38.7. The van der Waals surface area contributed by atoms with Crippen molar-refractivity contribution in [3.05, 3.63) is 76.1 Å². The molecule has 292 valence electrons. The molecule has 15 nitrogen and oxygen atoms in total. The van der Waals surface area contributed by atoms with Crippen LogP contribution in [0.15, 0.2) is 48.8 Å². The van der Waals surface area contributed by atoms with Crippen LogP contribution in [0.25, 0.3) is 0 Å². The Labute approximate surface area is 329 Å². The fourth-order valence-electron chi connectivity index (χ4n) is 8.60. The van der Waals surface area contributed by atoms with Gasteiger partial charge in [-0.25, -0.2) is 9.97 Å². The van der Waals surface area contributed by atoms with Gasteiger partial charge in [-0.15, -0.1) is 0 Å². The summed E-state index contributed by atoms with van der Waals surface area (Å²) in [4.78, 5) is 77.7. The summed E-state index contributed by atoms with van der Waals surface area (Å²) in [6.45, 7) is 12.4. The summed E-state index contributed by atoms with van der Waals surface area (Å²) < 4.78 is 12.3. The zero-order valence-electron chi connectivity index (χ0n) is 31.6. The quantitative estimate of drug-likeness (QED) is 0.213. The summed E-state index contributed by atoms with van der Waals surface area (Å²) in [5.74, 6) is -0.863. The fourth-order valence-corrected chi connectivity index (χ4v) is 8.81. The molecule has 2 aromatic carbocycles. The van der Waals surface area contributed by atoms with Gasteiger partial charge in [0.25, 0.3) is 17.7 Å². The van der Waals surface area contributed by atoms with Crippen molar-refractivity contribution in [2.75, 3.05) is 44.2 Å². The molecule has 5 amide bonds. The summed E-state index contributed by atoms with van der Waals surface area (Å²) in [5, 5.41) is 14.9. The van der Waals surface area contributed by atoms with E-state index in [9.17, 15) is 29.2 Å². The number of piperidine rings is 1. The lowest BCUT2D eigenvalue weighted by molar-refractivity contribution is -0.164. The molecule has 7 rings (SSSR count). The summed E-state index contributed by atoms with van der Waals surface area (Å²) in [6.07, 6.45) is 3.79. The van der Waals surface area contributed by atoms with Gasteiger partial charge in [0.05, 0.1) is 33.9 Å². The number of nitrogens with one attached hydrogen (secondary N) is 2. The largest absolute Gasteiger partial charge is 0.494 e. The summed E-state index contributed by atoms with van der Waals surface area (Å²) in [6, 6.07) is 10.6. The molecule has 1 saturated carbocycles. The van der Waals surface area contributed by atoms with Gasteiger partial charge in [-0.2, -0.15) is 5.26 Å². The Morgan fingerprint density at radius 2 is 1.64 bits per heavy atom. The Bertz CT molecular complexity index is 2110. The number of rotatable bonds is 11. The summed E-state index contributed by atoms with van der Waals surface area (Å²) in [7, 11) is 0. The highest BCUT2D eigenvalue weighted by Crippen LogP contribution is 2.55. The molecule has 1 aliphatic carbocycles. The SMILES string of the molecule is CC1(C)C(NC(=O)c2cnc(N3CCN(CCCOc4ccc5c(c4)C(=O)N(C4CCC(=O)NC4=O)C5=O)CC3)nc2)C(C)(C)C1Oc1ccc(C#N)c(Cl)c1. The lowest BCUT2D eigenvalue weighted by Gasteiger charge is -2.63. The number of ether oxygens (including phenoxy) is 2. The monoisotopic (exact) mass is 782 g/mol. The molecule has 56 heavy (non-hydrogen) atoms. The minimum absolute atomic E-state index is 0.0620. The van der Waals surface area contributed by atoms with Gasteiger partial charge in [0.2, 0.25) is 17.8 Å². The van der Waals surface area contributed by atoms with Gasteiger partial charge in [0, 0.05) is 74.5 Å². The smallest absolute Gasteiger partial charge is 0.262 e. The zero-order chi connectivity index (χ0) is 39.9. The number of piperazine rings is 1. The van der Waals surface area contributed by atoms with Crippen LogP contribution in [0.4, 0.5) is 5.95 Å². The van der Waals surface area contributed by atoms with Crippen molar-refractivity contribution in [3.8, 4) is 17.6 Å². The lowest BCUT2D eigenvalue weighted by Crippen LogP contribution is -2.74. The van der Waals surface area contributed by atoms with Crippen LogP contribution in [0.2, 0.25) is 5.02 Å². The van der Waals surface area contributed by atoms with E-state index in [1.807, 2.05) is 27.7 Å². The van der Waals surface area contributed by atoms with Gasteiger partial charge >= 0.3 is 0 Å². The number of halogens is 1. The molecule has 1 unspecified atom stereocenters. The van der Waals surface area contributed by atoms with Crippen LogP contribution < -0.4 is 25.0 Å². The van der Waals surface area contributed by atoms with E-state index in [1.165, 1.54) is 12.1 Å². The number of hydrogen-bond donors (Lipinski definition) is 2. The van der Waals surface area contributed by atoms with Crippen molar-refractivity contribution in [1.29, 1.82) is 5.26 Å². The average molecular weight is 783 g/mol. The molecule has 4 heterocycles. The van der Waals surface area contributed by atoms with Crippen LogP contribution in [0.3, 0.4) is 0 Å². The normalized spacial score (nSPS) is 22.8. The number of carbonyl (C=O) groups is 5. The Balaban J connectivity index is 0.847. The van der Waals surface area contributed by atoms with Gasteiger partial charge < -0.3 is 19.7 Å². The van der Waals surface area contributed by atoms with Crippen LogP contribution in [-0.4, -0.2) is 107 Å². The molecule has 0 bridgehead atoms. The fraction of sp³-hybridized carbons (Fsp3) is 0.450. The molecule has 0 spiro atoms. The highest BCUT2D eigenvalue weighted by Gasteiger charge is 2.64. The first-order valence-electron chi connectivity index (χ1n) is 18.6. The van der Waals surface area contributed by atoms with Crippen LogP contribution in [0, 0.1) is 22.2 Å². The number of benzene rings is 2. The van der Waals surface area contributed by atoms with Gasteiger partial charge in [-0.05, 0) is 43.2 Å². The van der Waals surface area contributed by atoms with Crippen molar-refractivity contribution >= 4 is 47.1 Å². The Kier molecular flexibility index (Phi) is 10.5. The van der Waals surface area contributed by atoms with Crippen LogP contribution in [0.1, 0.15) is 83.6 Å². The van der Waals surface area contributed by atoms with Crippen molar-refractivity contribution in [2.24, 2.45) is 10.8 Å². The number of amides is 5. The van der Waals surface area contributed by atoms with E-state index in [4.69, 9.17) is 21.1 Å². The summed E-state index contributed by atoms with van der Waals surface area (Å²) >= 11 is 6.22. The minimum atomic E-state index is -1.01. The maximum Gasteiger partial charge on any atom is 0.262 e. The van der Waals surface area contributed by atoms with E-state index in [1.54, 1.807) is 36.7 Å². The van der Waals surface area contributed by atoms with Crippen molar-refractivity contribution < 1.29 is 33.4 Å². The molecule has 3 fully saturated rings. The van der Waals surface area contributed by atoms with Gasteiger partial charge in [-0.3, -0.25) is 39.1 Å². The van der Waals surface area contributed by atoms with Crippen molar-refractivity contribution in [1.82, 2.24) is 30.4 Å². The van der Waals surface area contributed by atoms with Gasteiger partial charge in [0.15, 0.2) is 0 Å². The van der Waals surface area contributed by atoms with E-state index in [0.29, 0.717) is 53.3 Å². The van der Waals surface area contributed by atoms with E-state index in [0.717, 1.165) is 31.0 Å². The third kappa shape index (κ3) is 7.26. The Morgan fingerprint density at radius 1 is 0.964 bits per heavy atom. The maximum absolute atomic E-state index is 13.4. The molecule has 1 aromatic heterocycles. The second-order valence-electron chi connectivity index (χ2n) is 15.8. The van der Waals surface area contributed by atoms with Crippen LogP contribution in [0.5, 0.6) is 11.5 Å². The predicted molar refractivity (Wildman–Crippen MR) is 203 cm³/mol. The standard InChI is InChI=1S/C40H43ClN8O7/c1-39(2)36(40(3,4)37(39)56-26-7-6-23(20-42)29(41)19-26)46-32(51)24-21-43-38(44-22-24)48-15-13-47(14-16-48)12-5-17-55-25-8-9-27-28(18-25)35(54)49(34(27)53)30-10-11-31(50)45-33(30)52/h6-9,18-19,21-22,30,36-37H,5,10-17H2,1-4H3,(H,46,51)(H,45,50,52). The first-order chi connectivity index (χ1) is 26.7. The molecule has 16 heteroatoms. The second-order valence-corrected chi connectivity index (χ2v) is 16.2. The second kappa shape index (κ2) is 15.2. The molecule has 2 N–H and O–H groups in total. The van der Waals surface area contributed by atoms with E-state index < -0.39 is 40.5 Å². The molecule has 3 aliphatic heterocycles. The molecule has 3 aromatic rings. The number of fused-ring (bicyclic) bond motifs is 1. The van der Waals surface area contributed by atoms with E-state index >= 15 is 0 Å². The summed E-state index contributed by atoms with van der Waals surface area (Å²) in [5.41, 5.74) is 0.335. The number of anilines is 1. The zero-order valence-corrected chi connectivity index (χ0v) is 32.4. The first-order valence-corrected chi connectivity index (χ1v) is 19.0. The Hall–Kier alpha value is -5.59. The molecular formula is C40H43ClN8O7. The average Bonchev–Trinajstić information content (AvgIpc) is 3.42.